The Morgan fingerprint density at radius 1 is 1.40 bits per heavy atom. The number of rotatable bonds is 4. The molecule has 3 nitrogen and oxygen atoms in total. The summed E-state index contributed by atoms with van der Waals surface area (Å²) in [6, 6.07) is 3.48. The number of benzene rings is 1. The molecule has 0 radical (unpaired) electrons. The second-order valence-electron chi connectivity index (χ2n) is 5.61. The number of nitrogens with zero attached hydrogens (tertiary/aromatic N) is 1. The van der Waals surface area contributed by atoms with Gasteiger partial charge in [-0.15, -0.1) is 0 Å². The van der Waals surface area contributed by atoms with Crippen molar-refractivity contribution in [3.63, 3.8) is 0 Å². The molecule has 2 unspecified atom stereocenters. The number of likely N-dealkylation sites (tertiary alicyclic amines) is 1. The molecule has 2 atom stereocenters. The first-order chi connectivity index (χ1) is 9.50. The van der Waals surface area contributed by atoms with E-state index in [2.05, 4.69) is 0 Å². The van der Waals surface area contributed by atoms with E-state index >= 15 is 0 Å². The lowest BCUT2D eigenvalue weighted by molar-refractivity contribution is -0.0614. The van der Waals surface area contributed by atoms with E-state index in [1.165, 1.54) is 18.2 Å². The second kappa shape index (κ2) is 6.16. The van der Waals surface area contributed by atoms with Gasteiger partial charge in [0.15, 0.2) is 0 Å². The molecule has 0 bridgehead atoms. The molecule has 1 saturated heterocycles. The van der Waals surface area contributed by atoms with Crippen LogP contribution < -0.4 is 5.73 Å². The van der Waals surface area contributed by atoms with Crippen molar-refractivity contribution >= 4 is 0 Å². The lowest BCUT2D eigenvalue weighted by atomic mass is 9.92. The Balaban J connectivity index is 2.28. The van der Waals surface area contributed by atoms with E-state index in [9.17, 15) is 8.78 Å². The van der Waals surface area contributed by atoms with Gasteiger partial charge in [0.1, 0.15) is 11.6 Å². The van der Waals surface area contributed by atoms with Gasteiger partial charge in [0.05, 0.1) is 11.6 Å². The number of piperidine rings is 1. The van der Waals surface area contributed by atoms with E-state index in [4.69, 9.17) is 10.5 Å². The summed E-state index contributed by atoms with van der Waals surface area (Å²) >= 11 is 0. The van der Waals surface area contributed by atoms with E-state index in [1.54, 1.807) is 7.11 Å². The van der Waals surface area contributed by atoms with Crippen molar-refractivity contribution in [1.29, 1.82) is 0 Å². The largest absolute Gasteiger partial charge is 0.377 e. The minimum Gasteiger partial charge on any atom is -0.377 e. The van der Waals surface area contributed by atoms with E-state index in [1.807, 2.05) is 11.8 Å². The van der Waals surface area contributed by atoms with Crippen LogP contribution in [0.4, 0.5) is 8.78 Å². The fourth-order valence-electron chi connectivity index (χ4n) is 2.96. The molecule has 0 amide bonds. The van der Waals surface area contributed by atoms with Gasteiger partial charge in [0.2, 0.25) is 0 Å². The molecule has 1 heterocycles. The number of nitrogens with two attached hydrogens (primary N) is 1. The predicted molar refractivity (Wildman–Crippen MR) is 74.4 cm³/mol. The summed E-state index contributed by atoms with van der Waals surface area (Å²) in [5, 5.41) is 0. The molecule has 1 aliphatic heterocycles. The van der Waals surface area contributed by atoms with Crippen molar-refractivity contribution in [2.75, 3.05) is 26.7 Å². The molecule has 112 valence electrons. The minimum absolute atomic E-state index is 0.0651. The molecule has 1 aliphatic rings. The zero-order valence-corrected chi connectivity index (χ0v) is 12.0. The van der Waals surface area contributed by atoms with Gasteiger partial charge in [0, 0.05) is 25.8 Å². The van der Waals surface area contributed by atoms with Crippen LogP contribution in [0.1, 0.15) is 31.4 Å². The molecule has 20 heavy (non-hydrogen) atoms. The maximum Gasteiger partial charge on any atom is 0.130 e. The summed E-state index contributed by atoms with van der Waals surface area (Å²) < 4.78 is 33.5. The van der Waals surface area contributed by atoms with E-state index in [-0.39, 0.29) is 17.7 Å². The summed E-state index contributed by atoms with van der Waals surface area (Å²) in [6.45, 7) is 3.59. The van der Waals surface area contributed by atoms with Gasteiger partial charge in [-0.2, -0.15) is 0 Å². The molecular weight excluding hydrogens is 262 g/mol. The Labute approximate surface area is 118 Å². The van der Waals surface area contributed by atoms with Crippen molar-refractivity contribution in [2.24, 2.45) is 5.73 Å². The van der Waals surface area contributed by atoms with Crippen LogP contribution in [0, 0.1) is 11.6 Å². The minimum atomic E-state index is -0.537. The molecule has 1 aromatic rings. The van der Waals surface area contributed by atoms with Crippen LogP contribution in [-0.4, -0.2) is 37.2 Å². The highest BCUT2D eigenvalue weighted by Gasteiger charge is 2.35. The van der Waals surface area contributed by atoms with Gasteiger partial charge >= 0.3 is 0 Å². The predicted octanol–water partition coefficient (Wildman–Crippen LogP) is 2.47. The Bertz CT molecular complexity index is 449. The third-order valence-corrected chi connectivity index (χ3v) is 4.18. The Hall–Kier alpha value is -1.04. The van der Waals surface area contributed by atoms with Crippen LogP contribution in [0.15, 0.2) is 18.2 Å². The molecule has 1 fully saturated rings. The molecule has 1 aromatic carbocycles. The Morgan fingerprint density at radius 3 is 2.60 bits per heavy atom. The van der Waals surface area contributed by atoms with Gasteiger partial charge < -0.3 is 10.5 Å². The highest BCUT2D eigenvalue weighted by atomic mass is 19.1. The molecule has 0 aromatic heterocycles. The molecule has 0 aliphatic carbocycles. The SMILES string of the molecule is COC1(C)CCCN(C(CN)c2c(F)cccc2F)C1. The first-order valence-electron chi connectivity index (χ1n) is 6.94. The summed E-state index contributed by atoms with van der Waals surface area (Å²) in [6.07, 6.45) is 1.87. The molecule has 2 N–H and O–H groups in total. The van der Waals surface area contributed by atoms with Crippen LogP contribution in [0.5, 0.6) is 0 Å². The zero-order chi connectivity index (χ0) is 14.8. The first-order valence-corrected chi connectivity index (χ1v) is 6.94. The van der Waals surface area contributed by atoms with Crippen LogP contribution in [0.2, 0.25) is 0 Å². The third kappa shape index (κ3) is 3.00. The first kappa shape index (κ1) is 15.4. The number of methoxy groups -OCH3 is 1. The zero-order valence-electron chi connectivity index (χ0n) is 12.0. The normalized spacial score (nSPS) is 25.6. The van der Waals surface area contributed by atoms with Gasteiger partial charge in [-0.05, 0) is 38.4 Å². The van der Waals surface area contributed by atoms with Crippen molar-refractivity contribution in [3.05, 3.63) is 35.4 Å². The summed E-state index contributed by atoms with van der Waals surface area (Å²) in [7, 11) is 1.67. The maximum atomic E-state index is 14.0. The fraction of sp³-hybridized carbons (Fsp3) is 0.600. The van der Waals surface area contributed by atoms with E-state index in [0.29, 0.717) is 6.54 Å². The quantitative estimate of drug-likeness (QED) is 0.923. The molecule has 5 heteroatoms. The van der Waals surface area contributed by atoms with Crippen molar-refractivity contribution in [1.82, 2.24) is 4.90 Å². The molecule has 0 spiro atoms. The number of hydrogen-bond acceptors (Lipinski definition) is 3. The lowest BCUT2D eigenvalue weighted by Gasteiger charge is -2.43. The second-order valence-corrected chi connectivity index (χ2v) is 5.61. The smallest absolute Gasteiger partial charge is 0.130 e. The Kier molecular flexibility index (Phi) is 4.73. The number of ether oxygens (including phenoxy) is 1. The molecule has 0 saturated carbocycles. The summed E-state index contributed by atoms with van der Waals surface area (Å²) in [4.78, 5) is 2.02. The van der Waals surface area contributed by atoms with E-state index < -0.39 is 17.7 Å². The lowest BCUT2D eigenvalue weighted by Crippen LogP contribution is -2.50. The standard InChI is InChI=1S/C15H22F2N2O/c1-15(20-2)7-4-8-19(10-15)13(9-18)14-11(16)5-3-6-12(14)17/h3,5-6,13H,4,7-10,18H2,1-2H3. The molecular formula is C15H22F2N2O. The van der Waals surface area contributed by atoms with Crippen LogP contribution >= 0.6 is 0 Å². The van der Waals surface area contributed by atoms with Crippen molar-refractivity contribution < 1.29 is 13.5 Å². The van der Waals surface area contributed by atoms with Crippen molar-refractivity contribution in [3.8, 4) is 0 Å². The van der Waals surface area contributed by atoms with E-state index in [0.717, 1.165) is 19.4 Å². The fourth-order valence-corrected chi connectivity index (χ4v) is 2.96. The topological polar surface area (TPSA) is 38.5 Å². The van der Waals surface area contributed by atoms with Gasteiger partial charge in [-0.1, -0.05) is 6.07 Å². The number of hydrogen-bond donors (Lipinski definition) is 1. The van der Waals surface area contributed by atoms with Gasteiger partial charge in [-0.3, -0.25) is 4.90 Å². The number of halogens is 2. The average molecular weight is 284 g/mol. The average Bonchev–Trinajstić information content (AvgIpc) is 2.43. The van der Waals surface area contributed by atoms with Gasteiger partial charge in [-0.25, -0.2) is 8.78 Å². The van der Waals surface area contributed by atoms with Gasteiger partial charge in [0.25, 0.3) is 0 Å². The van der Waals surface area contributed by atoms with Crippen molar-refractivity contribution in [2.45, 2.75) is 31.4 Å². The highest BCUT2D eigenvalue weighted by Crippen LogP contribution is 2.32. The maximum absolute atomic E-state index is 14.0. The monoisotopic (exact) mass is 284 g/mol. The van der Waals surface area contributed by atoms with Crippen LogP contribution in [0.25, 0.3) is 0 Å². The van der Waals surface area contributed by atoms with Crippen LogP contribution in [0.3, 0.4) is 0 Å². The van der Waals surface area contributed by atoms with Crippen LogP contribution in [-0.2, 0) is 4.74 Å². The summed E-state index contributed by atoms with van der Waals surface area (Å²) in [5.74, 6) is -1.07. The molecule has 2 rings (SSSR count). The summed E-state index contributed by atoms with van der Waals surface area (Å²) in [5.41, 5.74) is 5.57. The highest BCUT2D eigenvalue weighted by molar-refractivity contribution is 5.24. The Morgan fingerprint density at radius 2 is 2.05 bits per heavy atom. The third-order valence-electron chi connectivity index (χ3n) is 4.18.